The molecule has 2 saturated carbocycles. The predicted molar refractivity (Wildman–Crippen MR) is 109 cm³/mol. The second-order valence-corrected chi connectivity index (χ2v) is 10.0. The Labute approximate surface area is 172 Å². The van der Waals surface area contributed by atoms with Crippen LogP contribution < -0.4 is 0 Å². The van der Waals surface area contributed by atoms with Gasteiger partial charge in [0.1, 0.15) is 5.75 Å². The molecule has 5 nitrogen and oxygen atoms in total. The van der Waals surface area contributed by atoms with Crippen molar-refractivity contribution in [3.8, 4) is 5.75 Å². The van der Waals surface area contributed by atoms with E-state index in [1.807, 2.05) is 0 Å². The van der Waals surface area contributed by atoms with E-state index in [0.29, 0.717) is 5.56 Å². The molecular weight excluding hydrogens is 368 g/mol. The van der Waals surface area contributed by atoms with Gasteiger partial charge in [-0.15, -0.1) is 0 Å². The second-order valence-electron chi connectivity index (χ2n) is 10.0. The topological polar surface area (TPSA) is 72.8 Å². The molecular formula is C24H32O5. The molecule has 0 bridgehead atoms. The molecule has 5 heteroatoms. The van der Waals surface area contributed by atoms with E-state index in [1.54, 1.807) is 12.1 Å². The number of rotatable bonds is 2. The van der Waals surface area contributed by atoms with E-state index in [2.05, 4.69) is 20.8 Å². The van der Waals surface area contributed by atoms with Crippen LogP contribution in [-0.2, 0) is 26.1 Å². The van der Waals surface area contributed by atoms with Crippen LogP contribution in [0.1, 0.15) is 74.4 Å². The molecule has 0 aromatic heterocycles. The minimum atomic E-state index is -0.481. The minimum absolute atomic E-state index is 0.0625. The summed E-state index contributed by atoms with van der Waals surface area (Å²) >= 11 is 0. The quantitative estimate of drug-likeness (QED) is 0.746. The molecule has 3 aliphatic carbocycles. The summed E-state index contributed by atoms with van der Waals surface area (Å²) in [5.74, 6) is 0.288. The SMILES string of the molecule is COC(=O)c1ccc(O)c2c1[C@@]1(C)CC[C@@H]3[C@](C)(CCC[C@@]3(C)C(=O)OC)[C@H]1C2. The number of esters is 2. The lowest BCUT2D eigenvalue weighted by Gasteiger charge is -2.60. The minimum Gasteiger partial charge on any atom is -0.508 e. The highest BCUT2D eigenvalue weighted by Gasteiger charge is 2.64. The number of phenols is 1. The maximum absolute atomic E-state index is 12.8. The van der Waals surface area contributed by atoms with Crippen LogP contribution in [0.2, 0.25) is 0 Å². The van der Waals surface area contributed by atoms with Gasteiger partial charge in [0, 0.05) is 0 Å². The number of fused-ring (bicyclic) bond motifs is 5. The number of hydrogen-bond donors (Lipinski definition) is 1. The average Bonchev–Trinajstić information content (AvgIpc) is 3.02. The number of hydrogen-bond acceptors (Lipinski definition) is 5. The Balaban J connectivity index is 1.84. The number of ether oxygens (including phenoxy) is 2. The lowest BCUT2D eigenvalue weighted by Crippen LogP contribution is -2.58. The van der Waals surface area contributed by atoms with Gasteiger partial charge in [0.15, 0.2) is 0 Å². The second kappa shape index (κ2) is 6.48. The van der Waals surface area contributed by atoms with E-state index in [4.69, 9.17) is 9.47 Å². The van der Waals surface area contributed by atoms with Gasteiger partial charge in [-0.05, 0) is 85.0 Å². The van der Waals surface area contributed by atoms with Gasteiger partial charge >= 0.3 is 11.9 Å². The summed E-state index contributed by atoms with van der Waals surface area (Å²) < 4.78 is 10.3. The van der Waals surface area contributed by atoms with Crippen LogP contribution in [0.25, 0.3) is 0 Å². The molecule has 29 heavy (non-hydrogen) atoms. The third-order valence-electron chi connectivity index (χ3n) is 8.82. The largest absolute Gasteiger partial charge is 0.508 e. The zero-order valence-electron chi connectivity index (χ0n) is 18.1. The number of methoxy groups -OCH3 is 2. The average molecular weight is 401 g/mol. The van der Waals surface area contributed by atoms with E-state index >= 15 is 0 Å². The molecule has 0 spiro atoms. The van der Waals surface area contributed by atoms with Crippen LogP contribution in [0, 0.1) is 22.7 Å². The highest BCUT2D eigenvalue weighted by molar-refractivity contribution is 5.92. The summed E-state index contributed by atoms with van der Waals surface area (Å²) in [5.41, 5.74) is 1.64. The van der Waals surface area contributed by atoms with Crippen molar-refractivity contribution < 1.29 is 24.2 Å². The van der Waals surface area contributed by atoms with E-state index in [1.165, 1.54) is 14.2 Å². The summed E-state index contributed by atoms with van der Waals surface area (Å²) in [6, 6.07) is 3.31. The molecule has 158 valence electrons. The summed E-state index contributed by atoms with van der Waals surface area (Å²) in [7, 11) is 2.88. The van der Waals surface area contributed by atoms with Gasteiger partial charge in [-0.1, -0.05) is 20.3 Å². The van der Waals surface area contributed by atoms with Crippen molar-refractivity contribution in [2.75, 3.05) is 14.2 Å². The standard InChI is InChI=1S/C24H32O5/c1-22-10-6-11-24(3,21(27)29-5)17(22)9-12-23(2)18(22)13-15-16(25)8-7-14(19(15)23)20(26)28-4/h7-8,17-18,25H,6,9-13H2,1-5H3/t17-,18-,22+,23+,24-/m1/s1. The molecule has 2 fully saturated rings. The van der Waals surface area contributed by atoms with Crippen molar-refractivity contribution in [3.63, 3.8) is 0 Å². The van der Waals surface area contributed by atoms with Gasteiger partial charge in [0.05, 0.1) is 25.2 Å². The maximum Gasteiger partial charge on any atom is 0.338 e. The molecule has 0 amide bonds. The van der Waals surface area contributed by atoms with Crippen molar-refractivity contribution in [1.29, 1.82) is 0 Å². The maximum atomic E-state index is 12.8. The van der Waals surface area contributed by atoms with Gasteiger partial charge in [0.2, 0.25) is 0 Å². The molecule has 0 radical (unpaired) electrons. The smallest absolute Gasteiger partial charge is 0.338 e. The van der Waals surface area contributed by atoms with Crippen molar-refractivity contribution in [2.45, 2.75) is 64.7 Å². The predicted octanol–water partition coefficient (Wildman–Crippen LogP) is 4.39. The fourth-order valence-electron chi connectivity index (χ4n) is 7.54. The Morgan fingerprint density at radius 2 is 1.76 bits per heavy atom. The first-order valence-electron chi connectivity index (χ1n) is 10.7. The van der Waals surface area contributed by atoms with Gasteiger partial charge in [-0.3, -0.25) is 4.79 Å². The van der Waals surface area contributed by atoms with E-state index in [9.17, 15) is 14.7 Å². The van der Waals surface area contributed by atoms with Crippen LogP contribution in [0.4, 0.5) is 0 Å². The molecule has 0 aliphatic heterocycles. The monoisotopic (exact) mass is 400 g/mol. The van der Waals surface area contributed by atoms with E-state index in [0.717, 1.165) is 49.7 Å². The highest BCUT2D eigenvalue weighted by atomic mass is 16.5. The Morgan fingerprint density at radius 3 is 2.41 bits per heavy atom. The zero-order chi connectivity index (χ0) is 21.2. The molecule has 4 rings (SSSR count). The van der Waals surface area contributed by atoms with Crippen molar-refractivity contribution in [3.05, 3.63) is 28.8 Å². The van der Waals surface area contributed by atoms with Gasteiger partial charge in [-0.25, -0.2) is 4.79 Å². The van der Waals surface area contributed by atoms with Crippen molar-refractivity contribution >= 4 is 11.9 Å². The summed E-state index contributed by atoms with van der Waals surface area (Å²) in [4.78, 5) is 25.3. The van der Waals surface area contributed by atoms with Crippen LogP contribution in [0.5, 0.6) is 5.75 Å². The first-order chi connectivity index (χ1) is 13.6. The Bertz CT molecular complexity index is 876. The summed E-state index contributed by atoms with van der Waals surface area (Å²) in [6.07, 6.45) is 5.40. The fourth-order valence-corrected chi connectivity index (χ4v) is 7.54. The van der Waals surface area contributed by atoms with E-state index < -0.39 is 5.41 Å². The third-order valence-corrected chi connectivity index (χ3v) is 8.82. The molecule has 0 saturated heterocycles. The van der Waals surface area contributed by atoms with Gasteiger partial charge in [-0.2, -0.15) is 0 Å². The van der Waals surface area contributed by atoms with E-state index in [-0.39, 0.29) is 40.4 Å². The first kappa shape index (κ1) is 20.2. The lowest BCUT2D eigenvalue weighted by atomic mass is 9.43. The number of carbonyl (C=O) groups is 2. The molecule has 1 N–H and O–H groups in total. The number of benzene rings is 1. The number of aromatic hydroxyl groups is 1. The first-order valence-corrected chi connectivity index (χ1v) is 10.7. The number of carbonyl (C=O) groups excluding carboxylic acids is 2. The third kappa shape index (κ3) is 2.52. The Kier molecular flexibility index (Phi) is 4.52. The van der Waals surface area contributed by atoms with Crippen LogP contribution in [0.15, 0.2) is 12.1 Å². The molecule has 5 atom stereocenters. The van der Waals surface area contributed by atoms with Crippen LogP contribution in [-0.4, -0.2) is 31.3 Å². The van der Waals surface area contributed by atoms with Gasteiger partial charge < -0.3 is 14.6 Å². The lowest BCUT2D eigenvalue weighted by molar-refractivity contribution is -0.173. The van der Waals surface area contributed by atoms with Crippen molar-refractivity contribution in [1.82, 2.24) is 0 Å². The molecule has 0 heterocycles. The van der Waals surface area contributed by atoms with Crippen LogP contribution >= 0.6 is 0 Å². The molecule has 0 unspecified atom stereocenters. The zero-order valence-corrected chi connectivity index (χ0v) is 18.1. The molecule has 3 aliphatic rings. The van der Waals surface area contributed by atoms with Crippen molar-refractivity contribution in [2.24, 2.45) is 22.7 Å². The highest BCUT2D eigenvalue weighted by Crippen LogP contribution is 2.68. The van der Waals surface area contributed by atoms with Gasteiger partial charge in [0.25, 0.3) is 0 Å². The normalized spacial score (nSPS) is 37.8. The fraction of sp³-hybridized carbons (Fsp3) is 0.667. The molecule has 1 aromatic rings. The Morgan fingerprint density at radius 1 is 1.03 bits per heavy atom. The number of phenolic OH excluding ortho intramolecular Hbond substituents is 1. The Hall–Kier alpha value is -2.04. The van der Waals surface area contributed by atoms with Crippen LogP contribution in [0.3, 0.4) is 0 Å². The molecule has 1 aromatic carbocycles. The summed E-state index contributed by atoms with van der Waals surface area (Å²) in [6.45, 7) is 6.63. The summed E-state index contributed by atoms with van der Waals surface area (Å²) in [5, 5.41) is 10.7.